The Morgan fingerprint density at radius 1 is 1.33 bits per heavy atom. The van der Waals surface area contributed by atoms with Crippen LogP contribution in [0.1, 0.15) is 18.4 Å². The van der Waals surface area contributed by atoms with Crippen molar-refractivity contribution in [3.8, 4) is 0 Å². The molecule has 0 radical (unpaired) electrons. The number of sulfonamides is 1. The molecule has 1 aliphatic rings. The Balaban J connectivity index is 1.62. The Morgan fingerprint density at radius 3 is 2.83 bits per heavy atom. The molecular weight excluding hydrogens is 328 g/mol. The van der Waals surface area contributed by atoms with Gasteiger partial charge in [0.15, 0.2) is 5.03 Å². The Hall–Kier alpha value is -2.19. The predicted molar refractivity (Wildman–Crippen MR) is 88.4 cm³/mol. The molecule has 0 saturated carbocycles. The van der Waals surface area contributed by atoms with Gasteiger partial charge in [-0.3, -0.25) is 4.79 Å². The molecular formula is C16H20N4O3S. The van der Waals surface area contributed by atoms with Crippen molar-refractivity contribution in [3.63, 3.8) is 0 Å². The van der Waals surface area contributed by atoms with E-state index in [9.17, 15) is 13.2 Å². The molecule has 2 heterocycles. The smallest absolute Gasteiger partial charge is 0.260 e. The number of aromatic amines is 1. The molecule has 2 N–H and O–H groups in total. The minimum atomic E-state index is -3.62. The molecule has 128 valence electrons. The van der Waals surface area contributed by atoms with Crippen molar-refractivity contribution < 1.29 is 13.2 Å². The molecule has 1 atom stereocenters. The van der Waals surface area contributed by atoms with Gasteiger partial charge in [-0.15, -0.1) is 0 Å². The van der Waals surface area contributed by atoms with Crippen LogP contribution in [0.5, 0.6) is 0 Å². The lowest BCUT2D eigenvalue weighted by Crippen LogP contribution is -2.45. The van der Waals surface area contributed by atoms with E-state index in [1.54, 1.807) is 0 Å². The van der Waals surface area contributed by atoms with Crippen LogP contribution in [0, 0.1) is 5.92 Å². The number of H-pyrrole nitrogens is 1. The van der Waals surface area contributed by atoms with Gasteiger partial charge in [0.1, 0.15) is 0 Å². The van der Waals surface area contributed by atoms with Gasteiger partial charge in [0, 0.05) is 19.6 Å². The molecule has 24 heavy (non-hydrogen) atoms. The van der Waals surface area contributed by atoms with E-state index < -0.39 is 10.0 Å². The molecule has 1 aromatic heterocycles. The number of nitrogens with zero attached hydrogens (tertiary/aromatic N) is 2. The monoisotopic (exact) mass is 348 g/mol. The van der Waals surface area contributed by atoms with Gasteiger partial charge in [-0.25, -0.2) is 13.4 Å². The molecule has 8 heteroatoms. The molecule has 0 spiro atoms. The summed E-state index contributed by atoms with van der Waals surface area (Å²) in [5.74, 6) is -0.441. The van der Waals surface area contributed by atoms with Crippen LogP contribution in [-0.4, -0.2) is 41.7 Å². The molecule has 1 unspecified atom stereocenters. The first-order valence-electron chi connectivity index (χ1n) is 7.87. The minimum Gasteiger partial charge on any atom is -0.352 e. The number of hydrogen-bond donors (Lipinski definition) is 2. The number of hydrogen-bond acceptors (Lipinski definition) is 4. The van der Waals surface area contributed by atoms with E-state index in [0.717, 1.165) is 5.56 Å². The van der Waals surface area contributed by atoms with E-state index in [4.69, 9.17) is 0 Å². The molecule has 7 nitrogen and oxygen atoms in total. The quantitative estimate of drug-likeness (QED) is 0.847. The topological polar surface area (TPSA) is 95.2 Å². The highest BCUT2D eigenvalue weighted by molar-refractivity contribution is 7.89. The lowest BCUT2D eigenvalue weighted by molar-refractivity contribution is -0.126. The van der Waals surface area contributed by atoms with Crippen molar-refractivity contribution in [1.82, 2.24) is 19.6 Å². The van der Waals surface area contributed by atoms with Gasteiger partial charge in [0.2, 0.25) is 5.91 Å². The van der Waals surface area contributed by atoms with Crippen molar-refractivity contribution >= 4 is 15.9 Å². The summed E-state index contributed by atoms with van der Waals surface area (Å²) >= 11 is 0. The molecule has 1 aliphatic heterocycles. The summed E-state index contributed by atoms with van der Waals surface area (Å²) in [6, 6.07) is 9.64. The Morgan fingerprint density at radius 2 is 2.12 bits per heavy atom. The highest BCUT2D eigenvalue weighted by Crippen LogP contribution is 2.22. The lowest BCUT2D eigenvalue weighted by Gasteiger charge is -2.30. The van der Waals surface area contributed by atoms with Gasteiger partial charge in [-0.1, -0.05) is 30.3 Å². The van der Waals surface area contributed by atoms with Crippen molar-refractivity contribution in [2.45, 2.75) is 24.4 Å². The summed E-state index contributed by atoms with van der Waals surface area (Å²) in [5, 5.41) is 2.96. The first kappa shape index (κ1) is 16.7. The largest absolute Gasteiger partial charge is 0.352 e. The predicted octanol–water partition coefficient (Wildman–Crippen LogP) is 1.13. The summed E-state index contributed by atoms with van der Waals surface area (Å²) < 4.78 is 26.4. The number of carbonyl (C=O) groups excluding carboxylic acids is 1. The molecule has 0 bridgehead atoms. The number of aromatic nitrogens is 2. The Bertz CT molecular complexity index is 775. The van der Waals surface area contributed by atoms with E-state index in [1.807, 2.05) is 30.3 Å². The fourth-order valence-electron chi connectivity index (χ4n) is 2.83. The van der Waals surface area contributed by atoms with Crippen LogP contribution in [0.2, 0.25) is 0 Å². The van der Waals surface area contributed by atoms with Gasteiger partial charge in [-0.2, -0.15) is 4.31 Å². The highest BCUT2D eigenvalue weighted by atomic mass is 32.2. The number of piperidine rings is 1. The van der Waals surface area contributed by atoms with Gasteiger partial charge < -0.3 is 10.3 Å². The highest BCUT2D eigenvalue weighted by Gasteiger charge is 2.33. The molecule has 1 aromatic carbocycles. The summed E-state index contributed by atoms with van der Waals surface area (Å²) in [7, 11) is -3.62. The van der Waals surface area contributed by atoms with E-state index in [-0.39, 0.29) is 23.4 Å². The zero-order chi connectivity index (χ0) is 17.0. The lowest BCUT2D eigenvalue weighted by atomic mass is 9.99. The van der Waals surface area contributed by atoms with Crippen LogP contribution < -0.4 is 5.32 Å². The summed E-state index contributed by atoms with van der Waals surface area (Å²) in [4.78, 5) is 18.8. The number of imidazole rings is 1. The number of rotatable bonds is 5. The van der Waals surface area contributed by atoms with Crippen molar-refractivity contribution in [2.24, 2.45) is 5.92 Å². The average molecular weight is 348 g/mol. The zero-order valence-corrected chi connectivity index (χ0v) is 14.0. The van der Waals surface area contributed by atoms with Gasteiger partial charge in [0.05, 0.1) is 18.4 Å². The van der Waals surface area contributed by atoms with Gasteiger partial charge in [0.25, 0.3) is 10.0 Å². The Labute approximate surface area is 141 Å². The second-order valence-electron chi connectivity index (χ2n) is 5.82. The maximum absolute atomic E-state index is 12.5. The number of benzene rings is 1. The van der Waals surface area contributed by atoms with Gasteiger partial charge >= 0.3 is 0 Å². The number of amides is 1. The fraction of sp³-hybridized carbons (Fsp3) is 0.375. The fourth-order valence-corrected chi connectivity index (χ4v) is 4.25. The first-order chi connectivity index (χ1) is 11.6. The first-order valence-corrected chi connectivity index (χ1v) is 9.31. The second kappa shape index (κ2) is 7.14. The van der Waals surface area contributed by atoms with Crippen LogP contribution in [-0.2, 0) is 21.4 Å². The molecule has 1 saturated heterocycles. The molecule has 2 aromatic rings. The third-order valence-corrected chi connectivity index (χ3v) is 5.95. The average Bonchev–Trinajstić information content (AvgIpc) is 3.16. The summed E-state index contributed by atoms with van der Waals surface area (Å²) in [6.45, 7) is 1.06. The third kappa shape index (κ3) is 3.65. The van der Waals surface area contributed by atoms with Crippen LogP contribution in [0.4, 0.5) is 0 Å². The van der Waals surface area contributed by atoms with Crippen LogP contribution >= 0.6 is 0 Å². The van der Waals surface area contributed by atoms with Crippen molar-refractivity contribution in [3.05, 3.63) is 48.4 Å². The van der Waals surface area contributed by atoms with Crippen LogP contribution in [0.15, 0.2) is 47.9 Å². The standard InChI is InChI=1S/C16H20N4O3S/c21-16(18-9-13-5-2-1-3-6-13)14-7-4-8-20(11-14)24(22,23)15-10-17-12-19-15/h1-3,5-6,10,12,14H,4,7-9,11H2,(H,17,19)(H,18,21). The van der Waals surface area contributed by atoms with E-state index in [0.29, 0.717) is 25.9 Å². The third-order valence-electron chi connectivity index (χ3n) is 4.16. The molecule has 1 fully saturated rings. The SMILES string of the molecule is O=C(NCc1ccccc1)C1CCCN(S(=O)(=O)c2cnc[nH]2)C1. The molecule has 0 aliphatic carbocycles. The minimum absolute atomic E-state index is 0.0628. The Kier molecular flexibility index (Phi) is 4.96. The summed E-state index contributed by atoms with van der Waals surface area (Å²) in [6.07, 6.45) is 3.97. The number of nitrogens with one attached hydrogen (secondary N) is 2. The van der Waals surface area contributed by atoms with Crippen molar-refractivity contribution in [2.75, 3.05) is 13.1 Å². The normalized spacial score (nSPS) is 19.1. The van der Waals surface area contributed by atoms with E-state index in [2.05, 4.69) is 15.3 Å². The van der Waals surface area contributed by atoms with E-state index in [1.165, 1.54) is 16.8 Å². The zero-order valence-electron chi connectivity index (χ0n) is 13.2. The summed E-state index contributed by atoms with van der Waals surface area (Å²) in [5.41, 5.74) is 1.02. The van der Waals surface area contributed by atoms with E-state index >= 15 is 0 Å². The second-order valence-corrected chi connectivity index (χ2v) is 7.73. The van der Waals surface area contributed by atoms with Gasteiger partial charge in [-0.05, 0) is 18.4 Å². The van der Waals surface area contributed by atoms with Crippen molar-refractivity contribution in [1.29, 1.82) is 0 Å². The molecule has 1 amide bonds. The maximum Gasteiger partial charge on any atom is 0.260 e. The number of carbonyl (C=O) groups is 1. The maximum atomic E-state index is 12.5. The van der Waals surface area contributed by atoms with Crippen LogP contribution in [0.25, 0.3) is 0 Å². The van der Waals surface area contributed by atoms with Crippen LogP contribution in [0.3, 0.4) is 0 Å². The molecule has 3 rings (SSSR count).